The van der Waals surface area contributed by atoms with Crippen molar-refractivity contribution in [2.45, 2.75) is 6.04 Å². The summed E-state index contributed by atoms with van der Waals surface area (Å²) in [6, 6.07) is 5.56. The molecule has 0 bridgehead atoms. The standard InChI is InChI=1S/C14H19FN2O2.ClH/c15-10-12(17-5-3-16-4-6-17)11-1-2-13-14(9-11)19-8-7-18-13;/h1-2,9,12,16H,3-8,10H2;1H/t12-;/m0./s1. The lowest BCUT2D eigenvalue weighted by Gasteiger charge is -2.34. The third-order valence-corrected chi connectivity index (χ3v) is 3.69. The van der Waals surface area contributed by atoms with Gasteiger partial charge in [-0.25, -0.2) is 4.39 Å². The summed E-state index contributed by atoms with van der Waals surface area (Å²) in [5.74, 6) is 1.49. The molecule has 112 valence electrons. The fourth-order valence-electron chi connectivity index (χ4n) is 2.66. The molecule has 2 aliphatic heterocycles. The smallest absolute Gasteiger partial charge is 0.161 e. The number of fused-ring (bicyclic) bond motifs is 1. The quantitative estimate of drug-likeness (QED) is 0.923. The lowest BCUT2D eigenvalue weighted by atomic mass is 10.0. The van der Waals surface area contributed by atoms with E-state index in [-0.39, 0.29) is 25.1 Å². The summed E-state index contributed by atoms with van der Waals surface area (Å²) in [5.41, 5.74) is 0.966. The van der Waals surface area contributed by atoms with Crippen LogP contribution in [-0.4, -0.2) is 51.0 Å². The first-order valence-electron chi connectivity index (χ1n) is 6.79. The average molecular weight is 303 g/mol. The van der Waals surface area contributed by atoms with Crippen molar-refractivity contribution < 1.29 is 13.9 Å². The van der Waals surface area contributed by atoms with E-state index < -0.39 is 0 Å². The van der Waals surface area contributed by atoms with Crippen molar-refractivity contribution in [2.24, 2.45) is 0 Å². The molecular weight excluding hydrogens is 283 g/mol. The molecule has 0 unspecified atom stereocenters. The molecule has 0 aromatic heterocycles. The highest BCUT2D eigenvalue weighted by molar-refractivity contribution is 5.85. The van der Waals surface area contributed by atoms with Crippen molar-refractivity contribution in [3.05, 3.63) is 23.8 Å². The second-order valence-corrected chi connectivity index (χ2v) is 4.86. The van der Waals surface area contributed by atoms with Crippen molar-refractivity contribution >= 4 is 12.4 Å². The van der Waals surface area contributed by atoms with Gasteiger partial charge in [0.15, 0.2) is 11.5 Å². The molecule has 1 saturated heterocycles. The van der Waals surface area contributed by atoms with Crippen LogP contribution in [-0.2, 0) is 0 Å². The number of hydrogen-bond donors (Lipinski definition) is 1. The van der Waals surface area contributed by atoms with E-state index in [0.29, 0.717) is 13.2 Å². The second-order valence-electron chi connectivity index (χ2n) is 4.86. The predicted octanol–water partition coefficient (Wildman–Crippen LogP) is 1.80. The Morgan fingerprint density at radius 3 is 2.55 bits per heavy atom. The van der Waals surface area contributed by atoms with Crippen LogP contribution >= 0.6 is 12.4 Å². The zero-order valence-electron chi connectivity index (χ0n) is 11.3. The number of hydrogen-bond acceptors (Lipinski definition) is 4. The first kappa shape index (κ1) is 15.4. The summed E-state index contributed by atoms with van der Waals surface area (Å²) < 4.78 is 24.5. The highest BCUT2D eigenvalue weighted by atomic mass is 35.5. The highest BCUT2D eigenvalue weighted by Crippen LogP contribution is 2.34. The predicted molar refractivity (Wildman–Crippen MR) is 77.8 cm³/mol. The molecule has 4 nitrogen and oxygen atoms in total. The molecule has 1 atom stereocenters. The van der Waals surface area contributed by atoms with Crippen molar-refractivity contribution in [3.63, 3.8) is 0 Å². The van der Waals surface area contributed by atoms with Crippen LogP contribution in [0.3, 0.4) is 0 Å². The van der Waals surface area contributed by atoms with Crippen LogP contribution in [0.25, 0.3) is 0 Å². The SMILES string of the molecule is Cl.FC[C@@H](c1ccc2c(c1)OCCO2)N1CCNCC1. The zero-order valence-corrected chi connectivity index (χ0v) is 12.1. The van der Waals surface area contributed by atoms with Gasteiger partial charge in [0.05, 0.1) is 6.04 Å². The summed E-state index contributed by atoms with van der Waals surface area (Å²) in [6.07, 6.45) is 0. The average Bonchev–Trinajstić information content (AvgIpc) is 2.49. The Kier molecular flexibility index (Phi) is 5.46. The fraction of sp³-hybridized carbons (Fsp3) is 0.571. The molecule has 1 N–H and O–H groups in total. The van der Waals surface area contributed by atoms with Crippen LogP contribution in [0.5, 0.6) is 11.5 Å². The summed E-state index contributed by atoms with van der Waals surface area (Å²) >= 11 is 0. The Bertz CT molecular complexity index is 441. The van der Waals surface area contributed by atoms with Gasteiger partial charge in [-0.3, -0.25) is 4.90 Å². The molecular formula is C14H20ClFN2O2. The van der Waals surface area contributed by atoms with E-state index in [1.54, 1.807) is 0 Å². The molecule has 0 spiro atoms. The first-order chi connectivity index (χ1) is 9.38. The number of piperazine rings is 1. The van der Waals surface area contributed by atoms with Crippen LogP contribution in [0.2, 0.25) is 0 Å². The summed E-state index contributed by atoms with van der Waals surface area (Å²) in [5, 5.41) is 3.29. The molecule has 2 heterocycles. The third-order valence-electron chi connectivity index (χ3n) is 3.69. The number of nitrogens with one attached hydrogen (secondary N) is 1. The molecule has 2 aliphatic rings. The van der Waals surface area contributed by atoms with Crippen molar-refractivity contribution in [1.29, 1.82) is 0 Å². The van der Waals surface area contributed by atoms with Gasteiger partial charge in [-0.1, -0.05) is 6.07 Å². The monoisotopic (exact) mass is 302 g/mol. The topological polar surface area (TPSA) is 33.7 Å². The Morgan fingerprint density at radius 2 is 1.85 bits per heavy atom. The molecule has 3 rings (SSSR count). The molecule has 0 radical (unpaired) electrons. The maximum absolute atomic E-state index is 13.4. The van der Waals surface area contributed by atoms with E-state index in [0.717, 1.165) is 43.2 Å². The van der Waals surface area contributed by atoms with Gasteiger partial charge in [0.25, 0.3) is 0 Å². The Balaban J connectivity index is 0.00000147. The summed E-state index contributed by atoms with van der Waals surface area (Å²) in [7, 11) is 0. The normalized spacial score (nSPS) is 20.1. The molecule has 0 saturated carbocycles. The molecule has 1 aromatic rings. The molecule has 0 aliphatic carbocycles. The molecule has 0 amide bonds. The number of alkyl halides is 1. The Hall–Kier alpha value is -1.04. The Labute approximate surface area is 124 Å². The minimum Gasteiger partial charge on any atom is -0.486 e. The number of ether oxygens (including phenoxy) is 2. The van der Waals surface area contributed by atoms with Gasteiger partial charge in [0.1, 0.15) is 19.9 Å². The van der Waals surface area contributed by atoms with Gasteiger partial charge in [0.2, 0.25) is 0 Å². The maximum Gasteiger partial charge on any atom is 0.161 e. The van der Waals surface area contributed by atoms with Gasteiger partial charge >= 0.3 is 0 Å². The van der Waals surface area contributed by atoms with E-state index in [1.165, 1.54) is 0 Å². The lowest BCUT2D eigenvalue weighted by Crippen LogP contribution is -2.45. The third kappa shape index (κ3) is 3.16. The van der Waals surface area contributed by atoms with Crippen molar-refractivity contribution in [2.75, 3.05) is 46.1 Å². The maximum atomic E-state index is 13.4. The van der Waals surface area contributed by atoms with Gasteiger partial charge in [-0.2, -0.15) is 0 Å². The minimum absolute atomic E-state index is 0. The molecule has 20 heavy (non-hydrogen) atoms. The van der Waals surface area contributed by atoms with E-state index in [4.69, 9.17) is 9.47 Å². The van der Waals surface area contributed by atoms with Crippen molar-refractivity contribution in [1.82, 2.24) is 10.2 Å². The van der Waals surface area contributed by atoms with Crippen LogP contribution in [0, 0.1) is 0 Å². The number of rotatable bonds is 3. The van der Waals surface area contributed by atoms with Crippen LogP contribution in [0.4, 0.5) is 4.39 Å². The van der Waals surface area contributed by atoms with Crippen LogP contribution < -0.4 is 14.8 Å². The van der Waals surface area contributed by atoms with E-state index in [9.17, 15) is 4.39 Å². The molecule has 1 aromatic carbocycles. The lowest BCUT2D eigenvalue weighted by molar-refractivity contribution is 0.145. The summed E-state index contributed by atoms with van der Waals surface area (Å²) in [6.45, 7) is 4.36. The number of nitrogens with zero attached hydrogens (tertiary/aromatic N) is 1. The van der Waals surface area contributed by atoms with Crippen LogP contribution in [0.15, 0.2) is 18.2 Å². The fourth-order valence-corrected chi connectivity index (χ4v) is 2.66. The first-order valence-corrected chi connectivity index (χ1v) is 6.79. The second kappa shape index (κ2) is 7.11. The minimum atomic E-state index is -0.375. The summed E-state index contributed by atoms with van der Waals surface area (Å²) in [4.78, 5) is 2.18. The molecule has 6 heteroatoms. The van der Waals surface area contributed by atoms with E-state index in [1.807, 2.05) is 18.2 Å². The van der Waals surface area contributed by atoms with Crippen molar-refractivity contribution in [3.8, 4) is 11.5 Å². The van der Waals surface area contributed by atoms with Gasteiger partial charge in [-0.05, 0) is 17.7 Å². The van der Waals surface area contributed by atoms with Crippen LogP contribution in [0.1, 0.15) is 11.6 Å². The number of benzene rings is 1. The van der Waals surface area contributed by atoms with Gasteiger partial charge < -0.3 is 14.8 Å². The van der Waals surface area contributed by atoms with E-state index in [2.05, 4.69) is 10.2 Å². The largest absolute Gasteiger partial charge is 0.486 e. The zero-order chi connectivity index (χ0) is 13.1. The Morgan fingerprint density at radius 1 is 1.15 bits per heavy atom. The van der Waals surface area contributed by atoms with E-state index >= 15 is 0 Å². The number of halogens is 2. The van der Waals surface area contributed by atoms with Gasteiger partial charge in [0, 0.05) is 26.2 Å². The van der Waals surface area contributed by atoms with Gasteiger partial charge in [-0.15, -0.1) is 12.4 Å². The molecule has 1 fully saturated rings. The highest BCUT2D eigenvalue weighted by Gasteiger charge is 2.23.